The van der Waals surface area contributed by atoms with E-state index in [-0.39, 0.29) is 18.2 Å². The average Bonchev–Trinajstić information content (AvgIpc) is 2.75. The first-order chi connectivity index (χ1) is 9.15. The standard InChI is InChI=1S/C13H14N4O2/c1-10-14-5-6-17(10)9-13(19)16-15-8-11-3-2-4-12(18)7-11/h2-8,18H,9H2,1H3,(H,16,19)/b15-8+. The van der Waals surface area contributed by atoms with Crippen LogP contribution in [-0.2, 0) is 11.3 Å². The van der Waals surface area contributed by atoms with Crippen LogP contribution in [0.25, 0.3) is 0 Å². The van der Waals surface area contributed by atoms with Gasteiger partial charge in [-0.2, -0.15) is 5.10 Å². The number of phenols is 1. The molecule has 1 heterocycles. The van der Waals surface area contributed by atoms with Gasteiger partial charge in [-0.3, -0.25) is 4.79 Å². The van der Waals surface area contributed by atoms with Crippen molar-refractivity contribution in [3.05, 3.63) is 48.0 Å². The fourth-order valence-electron chi connectivity index (χ4n) is 1.54. The minimum atomic E-state index is -0.238. The number of hydrazone groups is 1. The maximum Gasteiger partial charge on any atom is 0.260 e. The lowest BCUT2D eigenvalue weighted by Crippen LogP contribution is -2.23. The first-order valence-corrected chi connectivity index (χ1v) is 5.74. The van der Waals surface area contributed by atoms with E-state index in [1.54, 1.807) is 41.2 Å². The third-order valence-electron chi connectivity index (χ3n) is 2.51. The van der Waals surface area contributed by atoms with E-state index in [9.17, 15) is 9.90 Å². The maximum atomic E-state index is 11.6. The molecule has 1 aromatic carbocycles. The quantitative estimate of drug-likeness (QED) is 0.635. The number of hydrogen-bond donors (Lipinski definition) is 2. The van der Waals surface area contributed by atoms with Crippen molar-refractivity contribution < 1.29 is 9.90 Å². The molecule has 0 aliphatic carbocycles. The van der Waals surface area contributed by atoms with Gasteiger partial charge in [-0.1, -0.05) is 12.1 Å². The van der Waals surface area contributed by atoms with Crippen molar-refractivity contribution in [3.63, 3.8) is 0 Å². The Morgan fingerprint density at radius 2 is 2.42 bits per heavy atom. The maximum absolute atomic E-state index is 11.6. The summed E-state index contributed by atoms with van der Waals surface area (Å²) in [6, 6.07) is 6.59. The summed E-state index contributed by atoms with van der Waals surface area (Å²) >= 11 is 0. The number of hydrogen-bond acceptors (Lipinski definition) is 4. The average molecular weight is 258 g/mol. The molecule has 0 saturated carbocycles. The summed E-state index contributed by atoms with van der Waals surface area (Å²) in [6.45, 7) is 1.99. The number of aryl methyl sites for hydroxylation is 1. The van der Waals surface area contributed by atoms with E-state index < -0.39 is 0 Å². The molecule has 6 nitrogen and oxygen atoms in total. The molecule has 19 heavy (non-hydrogen) atoms. The summed E-state index contributed by atoms with van der Waals surface area (Å²) in [5, 5.41) is 13.1. The zero-order valence-corrected chi connectivity index (χ0v) is 10.4. The van der Waals surface area contributed by atoms with Crippen LogP contribution in [0.3, 0.4) is 0 Å². The van der Waals surface area contributed by atoms with Gasteiger partial charge in [0.1, 0.15) is 18.1 Å². The number of benzene rings is 1. The highest BCUT2D eigenvalue weighted by molar-refractivity contribution is 5.82. The van der Waals surface area contributed by atoms with Gasteiger partial charge in [0.15, 0.2) is 0 Å². The molecular weight excluding hydrogens is 244 g/mol. The van der Waals surface area contributed by atoms with Gasteiger partial charge >= 0.3 is 0 Å². The van der Waals surface area contributed by atoms with Crippen molar-refractivity contribution in [3.8, 4) is 5.75 Å². The highest BCUT2D eigenvalue weighted by atomic mass is 16.3. The molecule has 0 aliphatic rings. The van der Waals surface area contributed by atoms with Crippen LogP contribution >= 0.6 is 0 Å². The minimum absolute atomic E-state index is 0.157. The fourth-order valence-corrected chi connectivity index (χ4v) is 1.54. The Hall–Kier alpha value is -2.63. The Morgan fingerprint density at radius 3 is 3.11 bits per heavy atom. The van der Waals surface area contributed by atoms with Crippen molar-refractivity contribution in [2.24, 2.45) is 5.10 Å². The predicted octanol–water partition coefficient (Wildman–Crippen LogP) is 1.05. The minimum Gasteiger partial charge on any atom is -0.508 e. The van der Waals surface area contributed by atoms with Crippen molar-refractivity contribution >= 4 is 12.1 Å². The third-order valence-corrected chi connectivity index (χ3v) is 2.51. The van der Waals surface area contributed by atoms with E-state index in [0.717, 1.165) is 5.82 Å². The van der Waals surface area contributed by atoms with Crippen LogP contribution in [0.1, 0.15) is 11.4 Å². The number of aromatic nitrogens is 2. The monoisotopic (exact) mass is 258 g/mol. The largest absolute Gasteiger partial charge is 0.508 e. The lowest BCUT2D eigenvalue weighted by molar-refractivity contribution is -0.121. The molecule has 0 atom stereocenters. The molecule has 1 amide bonds. The Morgan fingerprint density at radius 1 is 1.58 bits per heavy atom. The molecule has 2 N–H and O–H groups in total. The molecule has 0 unspecified atom stereocenters. The summed E-state index contributed by atoms with van der Waals surface area (Å²) < 4.78 is 1.72. The van der Waals surface area contributed by atoms with E-state index >= 15 is 0 Å². The molecule has 0 bridgehead atoms. The predicted molar refractivity (Wildman–Crippen MR) is 70.8 cm³/mol. The first-order valence-electron chi connectivity index (χ1n) is 5.74. The van der Waals surface area contributed by atoms with Gasteiger partial charge in [-0.25, -0.2) is 10.4 Å². The number of nitrogens with one attached hydrogen (secondary N) is 1. The number of rotatable bonds is 4. The summed E-state index contributed by atoms with van der Waals surface area (Å²) in [5.74, 6) is 0.689. The second-order valence-electron chi connectivity index (χ2n) is 3.99. The van der Waals surface area contributed by atoms with Crippen LogP contribution in [0, 0.1) is 6.92 Å². The van der Waals surface area contributed by atoms with E-state index in [4.69, 9.17) is 0 Å². The van der Waals surface area contributed by atoms with E-state index in [1.165, 1.54) is 6.21 Å². The number of imidazole rings is 1. The van der Waals surface area contributed by atoms with Crippen LogP contribution < -0.4 is 5.43 Å². The Bertz CT molecular complexity index is 604. The van der Waals surface area contributed by atoms with Crippen LogP contribution in [0.2, 0.25) is 0 Å². The SMILES string of the molecule is Cc1nccn1CC(=O)N/N=C/c1cccc(O)c1. The number of amides is 1. The Balaban J connectivity index is 1.88. The molecule has 2 rings (SSSR count). The highest BCUT2D eigenvalue weighted by Gasteiger charge is 2.03. The highest BCUT2D eigenvalue weighted by Crippen LogP contribution is 2.08. The Kier molecular flexibility index (Phi) is 3.92. The number of nitrogens with zero attached hydrogens (tertiary/aromatic N) is 3. The van der Waals surface area contributed by atoms with Crippen molar-refractivity contribution in [2.45, 2.75) is 13.5 Å². The summed E-state index contributed by atoms with van der Waals surface area (Å²) in [7, 11) is 0. The molecule has 0 fully saturated rings. The van der Waals surface area contributed by atoms with E-state index in [0.29, 0.717) is 5.56 Å². The fraction of sp³-hybridized carbons (Fsp3) is 0.154. The topological polar surface area (TPSA) is 79.5 Å². The van der Waals surface area contributed by atoms with Gasteiger partial charge in [0.25, 0.3) is 5.91 Å². The van der Waals surface area contributed by atoms with E-state index in [2.05, 4.69) is 15.5 Å². The van der Waals surface area contributed by atoms with Crippen molar-refractivity contribution in [1.82, 2.24) is 15.0 Å². The number of phenolic OH excluding ortho intramolecular Hbond substituents is 1. The summed E-state index contributed by atoms with van der Waals surface area (Å²) in [4.78, 5) is 15.6. The molecule has 98 valence electrons. The smallest absolute Gasteiger partial charge is 0.260 e. The van der Waals surface area contributed by atoms with Crippen molar-refractivity contribution in [2.75, 3.05) is 0 Å². The molecule has 2 aromatic rings. The summed E-state index contributed by atoms with van der Waals surface area (Å²) in [6.07, 6.45) is 4.84. The molecule has 0 aliphatic heterocycles. The Labute approximate surface area is 110 Å². The molecule has 0 saturated heterocycles. The lowest BCUT2D eigenvalue weighted by Gasteiger charge is -2.02. The molecule has 0 radical (unpaired) electrons. The molecule has 1 aromatic heterocycles. The second-order valence-corrected chi connectivity index (χ2v) is 3.99. The van der Waals surface area contributed by atoms with Gasteiger partial charge < -0.3 is 9.67 Å². The van der Waals surface area contributed by atoms with Crippen LogP contribution in [-0.4, -0.2) is 26.8 Å². The van der Waals surface area contributed by atoms with Gasteiger partial charge in [-0.15, -0.1) is 0 Å². The van der Waals surface area contributed by atoms with E-state index in [1.807, 2.05) is 6.92 Å². The van der Waals surface area contributed by atoms with Gasteiger partial charge in [-0.05, 0) is 24.6 Å². The van der Waals surface area contributed by atoms with Crippen LogP contribution in [0.5, 0.6) is 5.75 Å². The first kappa shape index (κ1) is 12.8. The van der Waals surface area contributed by atoms with Crippen LogP contribution in [0.15, 0.2) is 41.8 Å². The number of carbonyl (C=O) groups is 1. The van der Waals surface area contributed by atoms with Crippen LogP contribution in [0.4, 0.5) is 0 Å². The third kappa shape index (κ3) is 3.67. The van der Waals surface area contributed by atoms with Gasteiger partial charge in [0, 0.05) is 12.4 Å². The number of aromatic hydroxyl groups is 1. The lowest BCUT2D eigenvalue weighted by atomic mass is 10.2. The normalized spacial score (nSPS) is 10.8. The molecule has 0 spiro atoms. The molecular formula is C13H14N4O2. The van der Waals surface area contributed by atoms with Gasteiger partial charge in [0.2, 0.25) is 0 Å². The van der Waals surface area contributed by atoms with Gasteiger partial charge in [0.05, 0.1) is 6.21 Å². The summed E-state index contributed by atoms with van der Waals surface area (Å²) in [5.41, 5.74) is 3.12. The number of carbonyl (C=O) groups excluding carboxylic acids is 1. The second kappa shape index (κ2) is 5.81. The van der Waals surface area contributed by atoms with Crippen molar-refractivity contribution in [1.29, 1.82) is 0 Å². The zero-order valence-electron chi connectivity index (χ0n) is 10.4. The zero-order chi connectivity index (χ0) is 13.7. The molecule has 6 heteroatoms.